The van der Waals surface area contributed by atoms with Crippen molar-refractivity contribution in [3.8, 4) is 0 Å². The lowest BCUT2D eigenvalue weighted by molar-refractivity contribution is 1.00. The summed E-state index contributed by atoms with van der Waals surface area (Å²) in [6.45, 7) is 9.33. The van der Waals surface area contributed by atoms with Gasteiger partial charge < -0.3 is 5.32 Å². The highest BCUT2D eigenvalue weighted by Crippen LogP contribution is 2.45. The lowest BCUT2D eigenvalue weighted by atomic mass is 10.3. The Morgan fingerprint density at radius 3 is 2.00 bits per heavy atom. The van der Waals surface area contributed by atoms with Crippen molar-refractivity contribution >= 4 is 13.6 Å². The molecule has 0 bridgehead atoms. The zero-order valence-electron chi connectivity index (χ0n) is 10.2. The largest absolute Gasteiger partial charge is 0.381 e. The van der Waals surface area contributed by atoms with Gasteiger partial charge >= 0.3 is 0 Å². The summed E-state index contributed by atoms with van der Waals surface area (Å²) >= 11 is 0. The molecule has 0 atom stereocenters. The minimum absolute atomic E-state index is 0.0866. The maximum Gasteiger partial charge on any atom is 0.0352 e. The Morgan fingerprint density at radius 2 is 1.53 bits per heavy atom. The first-order chi connectivity index (χ1) is 7.11. The molecule has 0 spiro atoms. The molecule has 1 rings (SSSR count). The van der Waals surface area contributed by atoms with Crippen molar-refractivity contribution in [1.29, 1.82) is 0 Å². The van der Waals surface area contributed by atoms with Crippen molar-refractivity contribution in [1.82, 2.24) is 0 Å². The van der Waals surface area contributed by atoms with Crippen molar-refractivity contribution in [2.75, 3.05) is 11.6 Å². The van der Waals surface area contributed by atoms with Crippen molar-refractivity contribution in [3.05, 3.63) is 30.3 Å². The van der Waals surface area contributed by atoms with E-state index in [1.807, 2.05) is 0 Å². The number of anilines is 1. The van der Waals surface area contributed by atoms with Crippen LogP contribution < -0.4 is 5.32 Å². The first kappa shape index (κ1) is 12.5. The van der Waals surface area contributed by atoms with Crippen molar-refractivity contribution in [2.45, 2.75) is 39.0 Å². The van der Waals surface area contributed by atoms with Gasteiger partial charge in [0, 0.05) is 12.0 Å². The molecule has 0 unspecified atom stereocenters. The van der Waals surface area contributed by atoms with Crippen molar-refractivity contribution in [3.63, 3.8) is 0 Å². The highest BCUT2D eigenvalue weighted by Gasteiger charge is 2.15. The van der Waals surface area contributed by atoms with Gasteiger partial charge in [-0.3, -0.25) is 0 Å². The fourth-order valence-corrected chi connectivity index (χ4v) is 3.99. The fourth-order valence-electron chi connectivity index (χ4n) is 1.70. The Kier molecular flexibility index (Phi) is 5.11. The molecule has 0 aliphatic heterocycles. The monoisotopic (exact) mass is 223 g/mol. The second-order valence-corrected chi connectivity index (χ2v) is 7.81. The molecular weight excluding hydrogens is 201 g/mol. The number of hydrogen-bond donors (Lipinski definition) is 1. The molecule has 1 aromatic carbocycles. The van der Waals surface area contributed by atoms with Crippen LogP contribution in [0.25, 0.3) is 0 Å². The highest BCUT2D eigenvalue weighted by atomic mass is 31.1. The average molecular weight is 223 g/mol. The molecule has 15 heavy (non-hydrogen) atoms. The van der Waals surface area contributed by atoms with Gasteiger partial charge in [0.25, 0.3) is 0 Å². The molecule has 0 saturated carbocycles. The Labute approximate surface area is 95.0 Å². The van der Waals surface area contributed by atoms with Crippen LogP contribution >= 0.6 is 7.92 Å². The van der Waals surface area contributed by atoms with Crippen LogP contribution in [-0.2, 0) is 0 Å². The van der Waals surface area contributed by atoms with Crippen LogP contribution in [0.15, 0.2) is 30.3 Å². The molecule has 0 aliphatic rings. The van der Waals surface area contributed by atoms with E-state index in [-0.39, 0.29) is 7.92 Å². The van der Waals surface area contributed by atoms with Gasteiger partial charge in [0.2, 0.25) is 0 Å². The summed E-state index contributed by atoms with van der Waals surface area (Å²) in [6.07, 6.45) is 1.13. The summed E-state index contributed by atoms with van der Waals surface area (Å²) in [4.78, 5) is 0. The fraction of sp³-hybridized carbons (Fsp3) is 0.538. The summed E-state index contributed by atoms with van der Waals surface area (Å²) in [7, 11) is 0.0866. The van der Waals surface area contributed by atoms with Gasteiger partial charge in [0.15, 0.2) is 0 Å². The topological polar surface area (TPSA) is 12.0 Å². The van der Waals surface area contributed by atoms with Gasteiger partial charge in [-0.2, -0.15) is 0 Å². The number of para-hydroxylation sites is 1. The first-order valence-electron chi connectivity index (χ1n) is 5.66. The molecule has 0 aromatic heterocycles. The quantitative estimate of drug-likeness (QED) is 0.731. The minimum atomic E-state index is 0.0866. The average Bonchev–Trinajstić information content (AvgIpc) is 2.18. The van der Waals surface area contributed by atoms with Crippen LogP contribution in [-0.4, -0.2) is 17.6 Å². The molecule has 1 nitrogen and oxygen atoms in total. The third-order valence-electron chi connectivity index (χ3n) is 2.57. The minimum Gasteiger partial charge on any atom is -0.381 e. The third kappa shape index (κ3) is 4.22. The highest BCUT2D eigenvalue weighted by molar-refractivity contribution is 7.59. The molecule has 1 aromatic rings. The molecule has 0 aliphatic carbocycles. The van der Waals surface area contributed by atoms with Gasteiger partial charge in [0.05, 0.1) is 0 Å². The molecule has 2 heteroatoms. The Morgan fingerprint density at radius 1 is 1.00 bits per heavy atom. The second-order valence-electron chi connectivity index (χ2n) is 4.40. The third-order valence-corrected chi connectivity index (χ3v) is 5.74. The first-order valence-corrected chi connectivity index (χ1v) is 7.32. The van der Waals surface area contributed by atoms with E-state index in [1.165, 1.54) is 5.69 Å². The molecule has 0 amide bonds. The van der Waals surface area contributed by atoms with Crippen LogP contribution in [0.5, 0.6) is 0 Å². The van der Waals surface area contributed by atoms with Gasteiger partial charge in [-0.1, -0.05) is 53.8 Å². The summed E-state index contributed by atoms with van der Waals surface area (Å²) in [6, 6.07) is 10.5. The standard InChI is InChI=1S/C13H22NP/c1-11(2)15(12(3)4)10-14-13-8-6-5-7-9-13/h5-9,11-12,14H,10H2,1-4H3. The summed E-state index contributed by atoms with van der Waals surface area (Å²) in [5.74, 6) is 0. The van der Waals surface area contributed by atoms with Gasteiger partial charge in [-0.25, -0.2) is 0 Å². The molecule has 0 heterocycles. The van der Waals surface area contributed by atoms with E-state index in [2.05, 4.69) is 63.3 Å². The van der Waals surface area contributed by atoms with Gasteiger partial charge in [-0.15, -0.1) is 0 Å². The predicted octanol–water partition coefficient (Wildman–Crippen LogP) is 4.35. The molecule has 0 fully saturated rings. The number of rotatable bonds is 5. The number of benzene rings is 1. The van der Waals surface area contributed by atoms with Crippen LogP contribution in [0.2, 0.25) is 0 Å². The lowest BCUT2D eigenvalue weighted by Gasteiger charge is -2.26. The zero-order valence-corrected chi connectivity index (χ0v) is 11.1. The number of nitrogens with one attached hydrogen (secondary N) is 1. The molecule has 0 radical (unpaired) electrons. The van der Waals surface area contributed by atoms with Crippen LogP contribution in [0.4, 0.5) is 5.69 Å². The summed E-state index contributed by atoms with van der Waals surface area (Å²) in [5.41, 5.74) is 2.85. The van der Waals surface area contributed by atoms with Crippen molar-refractivity contribution < 1.29 is 0 Å². The van der Waals surface area contributed by atoms with Crippen molar-refractivity contribution in [2.24, 2.45) is 0 Å². The molecule has 1 N–H and O–H groups in total. The summed E-state index contributed by atoms with van der Waals surface area (Å²) < 4.78 is 0. The maximum atomic E-state index is 3.54. The summed E-state index contributed by atoms with van der Waals surface area (Å²) in [5, 5.41) is 3.54. The van der Waals surface area contributed by atoms with E-state index in [9.17, 15) is 0 Å². The number of hydrogen-bond acceptors (Lipinski definition) is 1. The smallest absolute Gasteiger partial charge is 0.0352 e. The zero-order chi connectivity index (χ0) is 11.3. The van der Waals surface area contributed by atoms with Crippen LogP contribution in [0, 0.1) is 0 Å². The Hall–Kier alpha value is -0.550. The maximum absolute atomic E-state index is 3.54. The van der Waals surface area contributed by atoms with E-state index in [0.717, 1.165) is 17.6 Å². The molecule has 84 valence electrons. The Bertz CT molecular complexity index is 261. The lowest BCUT2D eigenvalue weighted by Crippen LogP contribution is -2.12. The van der Waals surface area contributed by atoms with E-state index in [4.69, 9.17) is 0 Å². The predicted molar refractivity (Wildman–Crippen MR) is 72.1 cm³/mol. The Balaban J connectivity index is 2.47. The second kappa shape index (κ2) is 6.12. The van der Waals surface area contributed by atoms with Gasteiger partial charge in [-0.05, 0) is 23.5 Å². The molecule has 0 saturated heterocycles. The van der Waals surface area contributed by atoms with E-state index in [1.54, 1.807) is 0 Å². The van der Waals surface area contributed by atoms with E-state index < -0.39 is 0 Å². The normalized spacial score (nSPS) is 11.4. The van der Waals surface area contributed by atoms with E-state index >= 15 is 0 Å². The molecular formula is C13H22NP. The van der Waals surface area contributed by atoms with Crippen LogP contribution in [0.1, 0.15) is 27.7 Å². The SMILES string of the molecule is CC(C)P(CNc1ccccc1)C(C)C. The van der Waals surface area contributed by atoms with Gasteiger partial charge in [0.1, 0.15) is 0 Å². The van der Waals surface area contributed by atoms with E-state index in [0.29, 0.717) is 0 Å². The van der Waals surface area contributed by atoms with Crippen LogP contribution in [0.3, 0.4) is 0 Å².